The summed E-state index contributed by atoms with van der Waals surface area (Å²) in [5.41, 5.74) is 2.72. The number of nitrogens with one attached hydrogen (secondary N) is 1. The maximum atomic E-state index is 5.17. The second-order valence-electron chi connectivity index (χ2n) is 3.76. The van der Waals surface area contributed by atoms with Crippen LogP contribution in [0.1, 0.15) is 20.3 Å². The van der Waals surface area contributed by atoms with Crippen LogP contribution in [0, 0.1) is 5.92 Å². The van der Waals surface area contributed by atoms with Crippen LogP contribution in [0.15, 0.2) is 0 Å². The Morgan fingerprint density at radius 1 is 1.58 bits per heavy atom. The van der Waals surface area contributed by atoms with E-state index in [1.807, 2.05) is 7.05 Å². The first-order valence-corrected chi connectivity index (χ1v) is 4.76. The Labute approximate surface area is 75.0 Å². The van der Waals surface area contributed by atoms with Gasteiger partial charge >= 0.3 is 0 Å². The van der Waals surface area contributed by atoms with Crippen LogP contribution in [0.4, 0.5) is 0 Å². The molecule has 0 amide bonds. The van der Waals surface area contributed by atoms with Crippen LogP contribution in [0.2, 0.25) is 0 Å². The number of hydrogen-bond donors (Lipinski definition) is 1. The number of nitrogens with zero attached hydrogens (tertiary/aromatic N) is 1. The van der Waals surface area contributed by atoms with Crippen molar-refractivity contribution < 1.29 is 4.84 Å². The van der Waals surface area contributed by atoms with Crippen molar-refractivity contribution in [2.24, 2.45) is 5.92 Å². The van der Waals surface area contributed by atoms with Gasteiger partial charge in [-0.15, -0.1) is 0 Å². The van der Waals surface area contributed by atoms with Crippen LogP contribution in [-0.4, -0.2) is 37.7 Å². The fraction of sp³-hybridized carbons (Fsp3) is 1.00. The molecule has 1 aliphatic rings. The first kappa shape index (κ1) is 9.96. The van der Waals surface area contributed by atoms with E-state index in [0.717, 1.165) is 12.5 Å². The highest BCUT2D eigenvalue weighted by Gasteiger charge is 2.23. The number of likely N-dealkylation sites (tertiary alicyclic amines) is 1. The fourth-order valence-corrected chi connectivity index (χ4v) is 1.67. The van der Waals surface area contributed by atoms with Crippen LogP contribution in [0.25, 0.3) is 0 Å². The monoisotopic (exact) mass is 172 g/mol. The molecular weight excluding hydrogens is 152 g/mol. The fourth-order valence-electron chi connectivity index (χ4n) is 1.67. The first-order chi connectivity index (χ1) is 5.74. The van der Waals surface area contributed by atoms with E-state index < -0.39 is 0 Å². The normalized spacial score (nSPS) is 25.5. The minimum absolute atomic E-state index is 0.685. The lowest BCUT2D eigenvalue weighted by Crippen LogP contribution is -2.29. The molecule has 0 aliphatic carbocycles. The molecule has 1 saturated heterocycles. The molecule has 1 heterocycles. The average molecular weight is 172 g/mol. The first-order valence-electron chi connectivity index (χ1n) is 4.76. The van der Waals surface area contributed by atoms with Crippen LogP contribution in [0.3, 0.4) is 0 Å². The van der Waals surface area contributed by atoms with Crippen molar-refractivity contribution >= 4 is 0 Å². The van der Waals surface area contributed by atoms with Crippen molar-refractivity contribution in [3.63, 3.8) is 0 Å². The minimum Gasteiger partial charge on any atom is -0.302 e. The van der Waals surface area contributed by atoms with Gasteiger partial charge in [0.25, 0.3) is 0 Å². The van der Waals surface area contributed by atoms with E-state index in [9.17, 15) is 0 Å². The Kier molecular flexibility index (Phi) is 3.98. The minimum atomic E-state index is 0.685. The van der Waals surface area contributed by atoms with E-state index >= 15 is 0 Å². The lowest BCUT2D eigenvalue weighted by atomic mass is 10.1. The van der Waals surface area contributed by atoms with Gasteiger partial charge < -0.3 is 9.74 Å². The topological polar surface area (TPSA) is 24.5 Å². The smallest absolute Gasteiger partial charge is 0.0722 e. The Bertz CT molecular complexity index is 128. The second-order valence-corrected chi connectivity index (χ2v) is 3.76. The van der Waals surface area contributed by atoms with Crippen LogP contribution in [-0.2, 0) is 4.84 Å². The van der Waals surface area contributed by atoms with Crippen molar-refractivity contribution in [1.29, 1.82) is 0 Å². The van der Waals surface area contributed by atoms with E-state index in [2.05, 4.69) is 24.2 Å². The predicted molar refractivity (Wildman–Crippen MR) is 49.8 cm³/mol. The molecule has 12 heavy (non-hydrogen) atoms. The lowest BCUT2D eigenvalue weighted by molar-refractivity contribution is 0.0328. The average Bonchev–Trinajstić information content (AvgIpc) is 2.48. The summed E-state index contributed by atoms with van der Waals surface area (Å²) in [6.45, 7) is 7.77. The van der Waals surface area contributed by atoms with Gasteiger partial charge in [0.05, 0.1) is 6.61 Å². The van der Waals surface area contributed by atoms with Gasteiger partial charge in [0.2, 0.25) is 0 Å². The summed E-state index contributed by atoms with van der Waals surface area (Å²) < 4.78 is 0. The number of hydroxylamine groups is 1. The maximum Gasteiger partial charge on any atom is 0.0722 e. The van der Waals surface area contributed by atoms with Gasteiger partial charge in [0.15, 0.2) is 0 Å². The SMILES string of the molecule is CNOCC1CCN(C(C)C)C1. The molecule has 1 rings (SSSR count). The summed E-state index contributed by atoms with van der Waals surface area (Å²) in [5, 5.41) is 0. The summed E-state index contributed by atoms with van der Waals surface area (Å²) >= 11 is 0. The summed E-state index contributed by atoms with van der Waals surface area (Å²) in [6, 6.07) is 0.685. The number of hydrogen-bond acceptors (Lipinski definition) is 3. The second kappa shape index (κ2) is 4.80. The molecule has 0 aromatic rings. The molecule has 0 aromatic carbocycles. The highest BCUT2D eigenvalue weighted by atomic mass is 16.6. The maximum absolute atomic E-state index is 5.17. The molecule has 0 bridgehead atoms. The van der Waals surface area contributed by atoms with Crippen molar-refractivity contribution in [2.75, 3.05) is 26.7 Å². The summed E-state index contributed by atoms with van der Waals surface area (Å²) in [6.07, 6.45) is 1.28. The molecule has 1 N–H and O–H groups in total. The molecule has 1 unspecified atom stereocenters. The van der Waals surface area contributed by atoms with Crippen molar-refractivity contribution in [3.05, 3.63) is 0 Å². The summed E-state index contributed by atoms with van der Waals surface area (Å²) in [7, 11) is 1.81. The summed E-state index contributed by atoms with van der Waals surface area (Å²) in [5.74, 6) is 0.722. The van der Waals surface area contributed by atoms with E-state index in [4.69, 9.17) is 4.84 Å². The zero-order chi connectivity index (χ0) is 8.97. The van der Waals surface area contributed by atoms with Crippen molar-refractivity contribution in [1.82, 2.24) is 10.4 Å². The van der Waals surface area contributed by atoms with Crippen molar-refractivity contribution in [3.8, 4) is 0 Å². The van der Waals surface area contributed by atoms with E-state index in [1.54, 1.807) is 0 Å². The van der Waals surface area contributed by atoms with E-state index in [-0.39, 0.29) is 0 Å². The molecule has 1 fully saturated rings. The van der Waals surface area contributed by atoms with Crippen LogP contribution >= 0.6 is 0 Å². The van der Waals surface area contributed by atoms with Crippen LogP contribution < -0.4 is 5.48 Å². The third-order valence-electron chi connectivity index (χ3n) is 2.51. The van der Waals surface area contributed by atoms with Gasteiger partial charge in [0.1, 0.15) is 0 Å². The highest BCUT2D eigenvalue weighted by Crippen LogP contribution is 2.17. The molecule has 0 aromatic heterocycles. The molecule has 0 saturated carbocycles. The van der Waals surface area contributed by atoms with E-state index in [1.165, 1.54) is 19.5 Å². The standard InChI is InChI=1S/C9H20N2O/c1-8(2)11-5-4-9(6-11)7-12-10-3/h8-10H,4-7H2,1-3H3. The van der Waals surface area contributed by atoms with Crippen molar-refractivity contribution in [2.45, 2.75) is 26.3 Å². The van der Waals surface area contributed by atoms with Crippen LogP contribution in [0.5, 0.6) is 0 Å². The summed E-state index contributed by atoms with van der Waals surface area (Å²) in [4.78, 5) is 7.67. The third-order valence-corrected chi connectivity index (χ3v) is 2.51. The zero-order valence-electron chi connectivity index (χ0n) is 8.34. The molecule has 1 atom stereocenters. The van der Waals surface area contributed by atoms with Gasteiger partial charge in [-0.25, -0.2) is 5.48 Å². The van der Waals surface area contributed by atoms with E-state index in [0.29, 0.717) is 6.04 Å². The Hall–Kier alpha value is -0.120. The molecule has 0 spiro atoms. The molecule has 1 aliphatic heterocycles. The lowest BCUT2D eigenvalue weighted by Gasteiger charge is -2.19. The third kappa shape index (κ3) is 2.73. The Balaban J connectivity index is 2.17. The molecule has 72 valence electrons. The molecule has 0 radical (unpaired) electrons. The molecule has 3 nitrogen and oxygen atoms in total. The van der Waals surface area contributed by atoms with Gasteiger partial charge in [-0.3, -0.25) is 0 Å². The van der Waals surface area contributed by atoms with Gasteiger partial charge in [-0.05, 0) is 32.7 Å². The van der Waals surface area contributed by atoms with Gasteiger partial charge in [-0.1, -0.05) is 0 Å². The number of rotatable bonds is 4. The molecular formula is C9H20N2O. The van der Waals surface area contributed by atoms with Gasteiger partial charge in [-0.2, -0.15) is 0 Å². The van der Waals surface area contributed by atoms with Gasteiger partial charge in [0, 0.05) is 19.6 Å². The highest BCUT2D eigenvalue weighted by molar-refractivity contribution is 4.77. The Morgan fingerprint density at radius 3 is 2.83 bits per heavy atom. The Morgan fingerprint density at radius 2 is 2.33 bits per heavy atom. The molecule has 3 heteroatoms. The largest absolute Gasteiger partial charge is 0.302 e. The predicted octanol–water partition coefficient (Wildman–Crippen LogP) is 0.868. The quantitative estimate of drug-likeness (QED) is 0.637. The zero-order valence-corrected chi connectivity index (χ0v) is 8.34.